The second-order valence-corrected chi connectivity index (χ2v) is 5.75. The first-order chi connectivity index (χ1) is 9.75. The Bertz CT molecular complexity index is 567. The first kappa shape index (κ1) is 13.2. The summed E-state index contributed by atoms with van der Waals surface area (Å²) < 4.78 is 6.19. The van der Waals surface area contributed by atoms with Crippen LogP contribution in [0.1, 0.15) is 24.5 Å². The Morgan fingerprint density at radius 3 is 2.65 bits per heavy atom. The van der Waals surface area contributed by atoms with E-state index in [4.69, 9.17) is 4.74 Å². The molecule has 0 spiro atoms. The highest BCUT2D eigenvalue weighted by Gasteiger charge is 2.30. The van der Waals surface area contributed by atoms with Gasteiger partial charge in [-0.3, -0.25) is 0 Å². The number of hydrogen-bond donors (Lipinski definition) is 1. The lowest BCUT2D eigenvalue weighted by Crippen LogP contribution is -2.45. The first-order valence-corrected chi connectivity index (χ1v) is 7.27. The van der Waals surface area contributed by atoms with E-state index in [9.17, 15) is 0 Å². The summed E-state index contributed by atoms with van der Waals surface area (Å²) in [5.41, 5.74) is 2.53. The van der Waals surface area contributed by atoms with Crippen LogP contribution in [0.5, 0.6) is 5.75 Å². The van der Waals surface area contributed by atoms with Gasteiger partial charge in [0.25, 0.3) is 0 Å². The van der Waals surface area contributed by atoms with Crippen LogP contribution in [-0.4, -0.2) is 12.1 Å². The van der Waals surface area contributed by atoms with Crippen LogP contribution in [-0.2, 0) is 13.0 Å². The predicted octanol–water partition coefficient (Wildman–Crippen LogP) is 3.56. The van der Waals surface area contributed by atoms with Gasteiger partial charge in [0.15, 0.2) is 0 Å². The fourth-order valence-corrected chi connectivity index (χ4v) is 2.72. The molecule has 2 heteroatoms. The van der Waals surface area contributed by atoms with Crippen molar-refractivity contribution in [2.75, 3.05) is 6.54 Å². The Morgan fingerprint density at radius 2 is 1.80 bits per heavy atom. The summed E-state index contributed by atoms with van der Waals surface area (Å²) in [5.74, 6) is 1.04. The van der Waals surface area contributed by atoms with Crippen LogP contribution < -0.4 is 10.1 Å². The maximum Gasteiger partial charge on any atom is 0.123 e. The van der Waals surface area contributed by atoms with Gasteiger partial charge in [0.05, 0.1) is 0 Å². The number of aryl methyl sites for hydroxylation is 1. The van der Waals surface area contributed by atoms with Gasteiger partial charge in [0, 0.05) is 13.1 Å². The number of rotatable bonds is 4. The van der Waals surface area contributed by atoms with E-state index >= 15 is 0 Å². The van der Waals surface area contributed by atoms with Crippen molar-refractivity contribution < 1.29 is 4.74 Å². The zero-order valence-electron chi connectivity index (χ0n) is 11.9. The molecule has 1 N–H and O–H groups in total. The molecule has 0 amide bonds. The molecule has 104 valence electrons. The van der Waals surface area contributed by atoms with Gasteiger partial charge in [0.2, 0.25) is 0 Å². The Kier molecular flexibility index (Phi) is 3.75. The maximum atomic E-state index is 6.19. The zero-order valence-corrected chi connectivity index (χ0v) is 11.9. The van der Waals surface area contributed by atoms with Crippen LogP contribution in [0.25, 0.3) is 0 Å². The molecule has 0 aliphatic carbocycles. The molecular formula is C18H21NO. The number of nitrogens with one attached hydrogen (secondary N) is 1. The maximum absolute atomic E-state index is 6.19. The van der Waals surface area contributed by atoms with Crippen LogP contribution in [0, 0.1) is 0 Å². The van der Waals surface area contributed by atoms with Gasteiger partial charge >= 0.3 is 0 Å². The van der Waals surface area contributed by atoms with E-state index < -0.39 is 0 Å². The van der Waals surface area contributed by atoms with Crippen molar-refractivity contribution in [2.24, 2.45) is 0 Å². The lowest BCUT2D eigenvalue weighted by molar-refractivity contribution is 0.0644. The number of fused-ring (bicyclic) bond motifs is 1. The smallest absolute Gasteiger partial charge is 0.123 e. The third-order valence-electron chi connectivity index (χ3n) is 3.92. The predicted molar refractivity (Wildman–Crippen MR) is 81.9 cm³/mol. The number of ether oxygens (including phenoxy) is 1. The van der Waals surface area contributed by atoms with Gasteiger partial charge in [0.1, 0.15) is 11.4 Å². The SMILES string of the molecule is CC1(CNCc2ccccc2)CCc2ccccc2O1. The minimum absolute atomic E-state index is 0.108. The number of para-hydroxylation sites is 1. The van der Waals surface area contributed by atoms with Gasteiger partial charge in [-0.15, -0.1) is 0 Å². The van der Waals surface area contributed by atoms with E-state index in [1.165, 1.54) is 11.1 Å². The lowest BCUT2D eigenvalue weighted by atomic mass is 9.92. The standard InChI is InChI=1S/C18H21NO/c1-18(14-19-13-15-7-3-2-4-8-15)12-11-16-9-5-6-10-17(16)20-18/h2-10,19H,11-14H2,1H3. The monoisotopic (exact) mass is 267 g/mol. The summed E-state index contributed by atoms with van der Waals surface area (Å²) in [7, 11) is 0. The largest absolute Gasteiger partial charge is 0.486 e. The van der Waals surface area contributed by atoms with E-state index in [-0.39, 0.29) is 5.60 Å². The fraction of sp³-hybridized carbons (Fsp3) is 0.333. The second-order valence-electron chi connectivity index (χ2n) is 5.75. The van der Waals surface area contributed by atoms with Gasteiger partial charge in [-0.2, -0.15) is 0 Å². The Labute approximate surface area is 120 Å². The average molecular weight is 267 g/mol. The van der Waals surface area contributed by atoms with Crippen molar-refractivity contribution in [3.8, 4) is 5.75 Å². The molecule has 1 atom stereocenters. The highest BCUT2D eigenvalue weighted by molar-refractivity contribution is 5.36. The molecular weight excluding hydrogens is 246 g/mol. The van der Waals surface area contributed by atoms with E-state index in [1.807, 2.05) is 12.1 Å². The van der Waals surface area contributed by atoms with E-state index in [2.05, 4.69) is 54.7 Å². The molecule has 0 saturated carbocycles. The summed E-state index contributed by atoms with van der Waals surface area (Å²) in [4.78, 5) is 0. The minimum atomic E-state index is -0.108. The van der Waals surface area contributed by atoms with E-state index in [0.29, 0.717) is 0 Å². The van der Waals surface area contributed by atoms with Crippen LogP contribution >= 0.6 is 0 Å². The third kappa shape index (κ3) is 3.02. The van der Waals surface area contributed by atoms with Gasteiger partial charge in [-0.1, -0.05) is 48.5 Å². The first-order valence-electron chi connectivity index (χ1n) is 7.27. The minimum Gasteiger partial charge on any atom is -0.486 e. The quantitative estimate of drug-likeness (QED) is 0.914. The van der Waals surface area contributed by atoms with Crippen molar-refractivity contribution in [1.82, 2.24) is 5.32 Å². The van der Waals surface area contributed by atoms with Crippen molar-refractivity contribution in [3.63, 3.8) is 0 Å². The third-order valence-corrected chi connectivity index (χ3v) is 3.92. The summed E-state index contributed by atoms with van der Waals surface area (Å²) in [6.45, 7) is 3.96. The highest BCUT2D eigenvalue weighted by Crippen LogP contribution is 2.32. The average Bonchev–Trinajstić information content (AvgIpc) is 2.48. The van der Waals surface area contributed by atoms with Gasteiger partial charge in [-0.25, -0.2) is 0 Å². The van der Waals surface area contributed by atoms with Crippen LogP contribution in [0.2, 0.25) is 0 Å². The summed E-state index contributed by atoms with van der Waals surface area (Å²) in [6, 6.07) is 18.8. The molecule has 2 nitrogen and oxygen atoms in total. The normalized spacial score (nSPS) is 21.1. The summed E-state index contributed by atoms with van der Waals surface area (Å²) >= 11 is 0. The van der Waals surface area contributed by atoms with Crippen LogP contribution in [0.3, 0.4) is 0 Å². The van der Waals surface area contributed by atoms with E-state index in [0.717, 1.165) is 31.7 Å². The van der Waals surface area contributed by atoms with Crippen molar-refractivity contribution in [1.29, 1.82) is 0 Å². The van der Waals surface area contributed by atoms with Crippen molar-refractivity contribution in [3.05, 3.63) is 65.7 Å². The van der Waals surface area contributed by atoms with Crippen molar-refractivity contribution >= 4 is 0 Å². The van der Waals surface area contributed by atoms with Gasteiger partial charge < -0.3 is 10.1 Å². The summed E-state index contributed by atoms with van der Waals surface area (Å²) in [6.07, 6.45) is 2.16. The molecule has 2 aromatic carbocycles. The molecule has 1 heterocycles. The Morgan fingerprint density at radius 1 is 1.05 bits per heavy atom. The lowest BCUT2D eigenvalue weighted by Gasteiger charge is -2.36. The molecule has 1 aliphatic heterocycles. The van der Waals surface area contributed by atoms with Crippen LogP contribution in [0.4, 0.5) is 0 Å². The molecule has 0 bridgehead atoms. The highest BCUT2D eigenvalue weighted by atomic mass is 16.5. The molecule has 3 rings (SSSR count). The molecule has 0 radical (unpaired) electrons. The molecule has 0 aromatic heterocycles. The molecule has 1 aliphatic rings. The van der Waals surface area contributed by atoms with Gasteiger partial charge in [-0.05, 0) is 37.0 Å². The molecule has 2 aromatic rings. The Hall–Kier alpha value is -1.80. The van der Waals surface area contributed by atoms with Crippen molar-refractivity contribution in [2.45, 2.75) is 31.9 Å². The van der Waals surface area contributed by atoms with Crippen LogP contribution in [0.15, 0.2) is 54.6 Å². The number of hydrogen-bond acceptors (Lipinski definition) is 2. The topological polar surface area (TPSA) is 21.3 Å². The molecule has 0 fully saturated rings. The molecule has 0 saturated heterocycles. The summed E-state index contributed by atoms with van der Waals surface area (Å²) in [5, 5.41) is 3.52. The number of benzene rings is 2. The molecule has 1 unspecified atom stereocenters. The fourth-order valence-electron chi connectivity index (χ4n) is 2.72. The molecule has 20 heavy (non-hydrogen) atoms. The second kappa shape index (κ2) is 5.68. The zero-order chi connectivity index (χ0) is 13.8. The Balaban J connectivity index is 1.58. The van der Waals surface area contributed by atoms with E-state index in [1.54, 1.807) is 0 Å².